The van der Waals surface area contributed by atoms with Crippen molar-refractivity contribution in [3.63, 3.8) is 0 Å². The number of benzene rings is 1. The van der Waals surface area contributed by atoms with Crippen molar-refractivity contribution >= 4 is 0 Å². The zero-order chi connectivity index (χ0) is 13.1. The average molecular weight is 249 g/mol. The van der Waals surface area contributed by atoms with E-state index in [9.17, 15) is 13.9 Å². The van der Waals surface area contributed by atoms with Gasteiger partial charge < -0.3 is 5.11 Å². The molecule has 1 heterocycles. The smallest absolute Gasteiger partial charge is 0.162 e. The zero-order valence-corrected chi connectivity index (χ0v) is 9.90. The molecule has 1 aromatic carbocycles. The Morgan fingerprint density at radius 1 is 1.22 bits per heavy atom. The van der Waals surface area contributed by atoms with Gasteiger partial charge in [-0.15, -0.1) is 0 Å². The summed E-state index contributed by atoms with van der Waals surface area (Å²) in [7, 11) is 0. The highest BCUT2D eigenvalue weighted by Crippen LogP contribution is 2.20. The van der Waals surface area contributed by atoms with Gasteiger partial charge in [0.2, 0.25) is 0 Å². The molecule has 2 nitrogen and oxygen atoms in total. The molecule has 1 atom stereocenters. The molecule has 4 heteroatoms. The summed E-state index contributed by atoms with van der Waals surface area (Å²) >= 11 is 0. The second kappa shape index (κ2) is 5.23. The number of nitrogens with zero attached hydrogens (tertiary/aromatic N) is 1. The van der Waals surface area contributed by atoms with Gasteiger partial charge in [0.1, 0.15) is 0 Å². The first-order valence-electron chi connectivity index (χ1n) is 5.61. The Morgan fingerprint density at radius 3 is 2.67 bits per heavy atom. The molecule has 1 aromatic heterocycles. The molecular formula is C14H13F2NO. The summed E-state index contributed by atoms with van der Waals surface area (Å²) in [6.45, 7) is 1.84. The van der Waals surface area contributed by atoms with Crippen LogP contribution in [0.3, 0.4) is 0 Å². The Bertz CT molecular complexity index is 540. The van der Waals surface area contributed by atoms with Crippen molar-refractivity contribution in [2.45, 2.75) is 19.4 Å². The third-order valence-corrected chi connectivity index (χ3v) is 2.76. The van der Waals surface area contributed by atoms with E-state index >= 15 is 0 Å². The fourth-order valence-electron chi connectivity index (χ4n) is 1.71. The number of hydrogen-bond donors (Lipinski definition) is 1. The Balaban J connectivity index is 2.18. The fourth-order valence-corrected chi connectivity index (χ4v) is 1.71. The second-order valence-electron chi connectivity index (χ2n) is 4.17. The van der Waals surface area contributed by atoms with E-state index < -0.39 is 17.7 Å². The van der Waals surface area contributed by atoms with Crippen LogP contribution in [0.1, 0.15) is 22.9 Å². The Labute approximate surface area is 104 Å². The minimum atomic E-state index is -0.906. The lowest BCUT2D eigenvalue weighted by Crippen LogP contribution is -2.05. The second-order valence-corrected chi connectivity index (χ2v) is 4.17. The Kier molecular flexibility index (Phi) is 3.67. The lowest BCUT2D eigenvalue weighted by atomic mass is 10.0. The lowest BCUT2D eigenvalue weighted by Gasteiger charge is -2.11. The number of aromatic nitrogens is 1. The standard InChI is InChI=1S/C14H13F2NO/c1-9-5-6-11(8-17-9)13(18)7-10-3-2-4-12(15)14(10)16/h2-6,8,13,18H,7H2,1H3. The maximum absolute atomic E-state index is 13.4. The van der Waals surface area contributed by atoms with Gasteiger partial charge in [-0.25, -0.2) is 8.78 Å². The van der Waals surface area contributed by atoms with Crippen LogP contribution in [-0.4, -0.2) is 10.1 Å². The zero-order valence-electron chi connectivity index (χ0n) is 9.90. The molecule has 18 heavy (non-hydrogen) atoms. The predicted molar refractivity (Wildman–Crippen MR) is 64.0 cm³/mol. The van der Waals surface area contributed by atoms with E-state index in [-0.39, 0.29) is 12.0 Å². The van der Waals surface area contributed by atoms with Gasteiger partial charge in [-0.1, -0.05) is 18.2 Å². The lowest BCUT2D eigenvalue weighted by molar-refractivity contribution is 0.176. The Hall–Kier alpha value is -1.81. The van der Waals surface area contributed by atoms with Crippen LogP contribution in [0.4, 0.5) is 8.78 Å². The van der Waals surface area contributed by atoms with Crippen molar-refractivity contribution in [3.05, 3.63) is 65.0 Å². The monoisotopic (exact) mass is 249 g/mol. The molecule has 0 saturated heterocycles. The average Bonchev–Trinajstić information content (AvgIpc) is 2.36. The van der Waals surface area contributed by atoms with Gasteiger partial charge in [-0.05, 0) is 30.2 Å². The number of aryl methyl sites for hydroxylation is 1. The predicted octanol–water partition coefficient (Wildman–Crippen LogP) is 2.94. The molecule has 2 rings (SSSR count). The van der Waals surface area contributed by atoms with Gasteiger partial charge >= 0.3 is 0 Å². The SMILES string of the molecule is Cc1ccc(C(O)Cc2cccc(F)c2F)cn1. The van der Waals surface area contributed by atoms with Gasteiger partial charge in [0.25, 0.3) is 0 Å². The highest BCUT2D eigenvalue weighted by atomic mass is 19.2. The van der Waals surface area contributed by atoms with Crippen molar-refractivity contribution in [3.8, 4) is 0 Å². The van der Waals surface area contributed by atoms with Gasteiger partial charge in [-0.2, -0.15) is 0 Å². The van der Waals surface area contributed by atoms with Gasteiger partial charge in [0.05, 0.1) is 6.10 Å². The van der Waals surface area contributed by atoms with Crippen molar-refractivity contribution in [2.24, 2.45) is 0 Å². The first-order valence-corrected chi connectivity index (χ1v) is 5.61. The molecule has 0 fully saturated rings. The van der Waals surface area contributed by atoms with E-state index in [1.165, 1.54) is 18.3 Å². The first kappa shape index (κ1) is 12.6. The molecule has 0 aliphatic carbocycles. The number of aliphatic hydroxyl groups excluding tert-OH is 1. The first-order chi connectivity index (χ1) is 8.58. The van der Waals surface area contributed by atoms with E-state index in [2.05, 4.69) is 4.98 Å². The van der Waals surface area contributed by atoms with E-state index in [1.54, 1.807) is 12.1 Å². The molecule has 1 unspecified atom stereocenters. The topological polar surface area (TPSA) is 33.1 Å². The summed E-state index contributed by atoms with van der Waals surface area (Å²) in [5, 5.41) is 9.95. The highest BCUT2D eigenvalue weighted by Gasteiger charge is 2.14. The molecule has 0 aliphatic rings. The fraction of sp³-hybridized carbons (Fsp3) is 0.214. The van der Waals surface area contributed by atoms with Crippen LogP contribution in [0.15, 0.2) is 36.5 Å². The van der Waals surface area contributed by atoms with E-state index in [0.717, 1.165) is 11.8 Å². The summed E-state index contributed by atoms with van der Waals surface area (Å²) < 4.78 is 26.5. The van der Waals surface area contributed by atoms with Gasteiger partial charge in [0.15, 0.2) is 11.6 Å². The quantitative estimate of drug-likeness (QED) is 0.907. The normalized spacial score (nSPS) is 12.4. The number of rotatable bonds is 3. The van der Waals surface area contributed by atoms with Crippen molar-refractivity contribution in [2.75, 3.05) is 0 Å². The molecule has 0 spiro atoms. The molecule has 1 N–H and O–H groups in total. The largest absolute Gasteiger partial charge is 0.388 e. The Morgan fingerprint density at radius 2 is 2.00 bits per heavy atom. The van der Waals surface area contributed by atoms with Crippen LogP contribution in [0, 0.1) is 18.6 Å². The molecule has 0 bridgehead atoms. The van der Waals surface area contributed by atoms with E-state index in [0.29, 0.717) is 5.56 Å². The highest BCUT2D eigenvalue weighted by molar-refractivity contribution is 5.23. The summed E-state index contributed by atoms with van der Waals surface area (Å²) in [6, 6.07) is 7.43. The minimum Gasteiger partial charge on any atom is -0.388 e. The molecular weight excluding hydrogens is 236 g/mol. The molecule has 0 radical (unpaired) electrons. The van der Waals surface area contributed by atoms with Crippen LogP contribution in [-0.2, 0) is 6.42 Å². The molecule has 94 valence electrons. The summed E-state index contributed by atoms with van der Waals surface area (Å²) in [4.78, 5) is 4.05. The molecule has 0 saturated carbocycles. The van der Waals surface area contributed by atoms with Crippen molar-refractivity contribution < 1.29 is 13.9 Å². The van der Waals surface area contributed by atoms with Crippen molar-refractivity contribution in [1.82, 2.24) is 4.98 Å². The van der Waals surface area contributed by atoms with Crippen LogP contribution in [0.2, 0.25) is 0 Å². The van der Waals surface area contributed by atoms with Gasteiger partial charge in [-0.3, -0.25) is 4.98 Å². The van der Waals surface area contributed by atoms with Crippen LogP contribution in [0.5, 0.6) is 0 Å². The maximum Gasteiger partial charge on any atom is 0.162 e. The summed E-state index contributed by atoms with van der Waals surface area (Å²) in [5.41, 5.74) is 1.58. The number of pyridine rings is 1. The van der Waals surface area contributed by atoms with Gasteiger partial charge in [0, 0.05) is 18.3 Å². The van der Waals surface area contributed by atoms with Crippen LogP contribution in [0.25, 0.3) is 0 Å². The number of aliphatic hydroxyl groups is 1. The maximum atomic E-state index is 13.4. The van der Waals surface area contributed by atoms with E-state index in [4.69, 9.17) is 0 Å². The molecule has 0 aliphatic heterocycles. The molecule has 2 aromatic rings. The number of hydrogen-bond acceptors (Lipinski definition) is 2. The number of halogens is 2. The third kappa shape index (κ3) is 2.71. The third-order valence-electron chi connectivity index (χ3n) is 2.76. The van der Waals surface area contributed by atoms with E-state index in [1.807, 2.05) is 6.92 Å². The van der Waals surface area contributed by atoms with Crippen LogP contribution >= 0.6 is 0 Å². The summed E-state index contributed by atoms with van der Waals surface area (Å²) in [6.07, 6.45) is 0.667. The molecule has 0 amide bonds. The van der Waals surface area contributed by atoms with Crippen molar-refractivity contribution in [1.29, 1.82) is 0 Å². The summed E-state index contributed by atoms with van der Waals surface area (Å²) in [5.74, 6) is -1.81. The minimum absolute atomic E-state index is 0.0222. The van der Waals surface area contributed by atoms with Crippen LogP contribution < -0.4 is 0 Å².